The van der Waals surface area contributed by atoms with Crippen LogP contribution in [0.1, 0.15) is 20.9 Å². The van der Waals surface area contributed by atoms with E-state index < -0.39 is 28.4 Å². The lowest BCUT2D eigenvalue weighted by Crippen LogP contribution is -2.16. The summed E-state index contributed by atoms with van der Waals surface area (Å²) in [6, 6.07) is 18.5. The van der Waals surface area contributed by atoms with Crippen molar-refractivity contribution in [2.45, 2.75) is 4.90 Å². The Kier molecular flexibility index (Phi) is 6.42. The number of ether oxygens (including phenoxy) is 1. The number of benzene rings is 3. The third-order valence-electron chi connectivity index (χ3n) is 4.61. The topological polar surface area (TPSA) is 103 Å². The van der Waals surface area contributed by atoms with Crippen LogP contribution in [0.15, 0.2) is 82.1 Å². The first-order chi connectivity index (χ1) is 15.7. The Labute approximate surface area is 198 Å². The normalized spacial score (nSPS) is 11.3. The fourth-order valence-electron chi connectivity index (χ4n) is 2.98. The molecule has 7 nitrogen and oxygen atoms in total. The second kappa shape index (κ2) is 9.27. The van der Waals surface area contributed by atoms with E-state index in [1.807, 2.05) is 0 Å². The Bertz CT molecular complexity index is 1450. The molecule has 10 heteroatoms. The Balaban J connectivity index is 1.50. The zero-order valence-electron chi connectivity index (χ0n) is 16.7. The Morgan fingerprint density at radius 1 is 0.909 bits per heavy atom. The molecule has 1 N–H and O–H groups in total. The minimum absolute atomic E-state index is 0.0484. The van der Waals surface area contributed by atoms with Crippen molar-refractivity contribution in [2.75, 3.05) is 11.3 Å². The third-order valence-corrected chi connectivity index (χ3v) is 6.79. The summed E-state index contributed by atoms with van der Waals surface area (Å²) in [5.41, 5.74) is 0.585. The van der Waals surface area contributed by atoms with Gasteiger partial charge in [0.2, 0.25) is 5.78 Å². The summed E-state index contributed by atoms with van der Waals surface area (Å²) in [5.74, 6) is -1.39. The molecule has 0 aliphatic heterocycles. The van der Waals surface area contributed by atoms with Gasteiger partial charge in [-0.15, -0.1) is 0 Å². The molecule has 0 saturated carbocycles. The number of Topliss-reactive ketones (excluding diaryl/α,β-unsaturated/α-hetero) is 1. The fraction of sp³-hybridized carbons (Fsp3) is 0.0435. The highest BCUT2D eigenvalue weighted by molar-refractivity contribution is 7.92. The molecule has 0 radical (unpaired) electrons. The van der Waals surface area contributed by atoms with Crippen molar-refractivity contribution >= 4 is 61.6 Å². The number of carbonyl (C=O) groups excluding carboxylic acids is 2. The number of carbonyl (C=O) groups is 2. The maximum atomic E-state index is 12.8. The van der Waals surface area contributed by atoms with Gasteiger partial charge in [-0.2, -0.15) is 0 Å². The van der Waals surface area contributed by atoms with Gasteiger partial charge in [0, 0.05) is 5.39 Å². The first-order valence-electron chi connectivity index (χ1n) is 9.50. The molecule has 0 amide bonds. The summed E-state index contributed by atoms with van der Waals surface area (Å²) >= 11 is 12.1. The van der Waals surface area contributed by atoms with Gasteiger partial charge in [-0.25, -0.2) is 13.2 Å². The van der Waals surface area contributed by atoms with Crippen LogP contribution < -0.4 is 4.72 Å². The molecule has 0 aliphatic rings. The van der Waals surface area contributed by atoms with Gasteiger partial charge in [0.15, 0.2) is 12.4 Å². The lowest BCUT2D eigenvalue weighted by atomic mass is 10.2. The number of nitrogens with one attached hydrogen (secondary N) is 1. The van der Waals surface area contributed by atoms with Crippen LogP contribution >= 0.6 is 23.2 Å². The van der Waals surface area contributed by atoms with Crippen LogP contribution in [0.4, 0.5) is 5.69 Å². The van der Waals surface area contributed by atoms with Crippen LogP contribution in [0.25, 0.3) is 11.0 Å². The summed E-state index contributed by atoms with van der Waals surface area (Å²) in [4.78, 5) is 24.5. The standard InChI is InChI=1S/C23H15Cl2NO6S/c24-16-6-2-3-7-18(16)26-33(29,30)22-12-15(9-10-17(22)25)23(28)31-13-19(27)21-11-14-5-1-4-8-20(14)32-21/h1-12,26H,13H2. The van der Waals surface area contributed by atoms with Gasteiger partial charge >= 0.3 is 5.97 Å². The monoisotopic (exact) mass is 503 g/mol. The number of hydrogen-bond donors (Lipinski definition) is 1. The van der Waals surface area contributed by atoms with Crippen molar-refractivity contribution in [3.8, 4) is 0 Å². The van der Waals surface area contributed by atoms with Gasteiger partial charge in [0.05, 0.1) is 21.3 Å². The first-order valence-corrected chi connectivity index (χ1v) is 11.7. The second-order valence-electron chi connectivity index (χ2n) is 6.88. The molecule has 0 aliphatic carbocycles. The molecule has 0 bridgehead atoms. The number of esters is 1. The molecule has 33 heavy (non-hydrogen) atoms. The minimum atomic E-state index is -4.17. The molecule has 1 heterocycles. The van der Waals surface area contributed by atoms with Crippen LogP contribution in [0.5, 0.6) is 0 Å². The largest absolute Gasteiger partial charge is 0.454 e. The Morgan fingerprint density at radius 2 is 1.64 bits per heavy atom. The van der Waals surface area contributed by atoms with Gasteiger partial charge in [0.1, 0.15) is 10.5 Å². The molecule has 0 fully saturated rings. The predicted molar refractivity (Wildman–Crippen MR) is 125 cm³/mol. The summed E-state index contributed by atoms with van der Waals surface area (Å²) in [5, 5.41) is 0.826. The van der Waals surface area contributed by atoms with E-state index in [4.69, 9.17) is 32.4 Å². The number of fused-ring (bicyclic) bond motifs is 1. The highest BCUT2D eigenvalue weighted by atomic mass is 35.5. The van der Waals surface area contributed by atoms with E-state index in [-0.39, 0.29) is 32.0 Å². The highest BCUT2D eigenvalue weighted by Crippen LogP contribution is 2.28. The summed E-state index contributed by atoms with van der Waals surface area (Å²) in [6.45, 7) is -0.582. The van der Waals surface area contributed by atoms with Crippen molar-refractivity contribution in [1.82, 2.24) is 0 Å². The maximum Gasteiger partial charge on any atom is 0.338 e. The molecule has 4 aromatic rings. The molecule has 1 aromatic heterocycles. The van der Waals surface area contributed by atoms with Crippen molar-refractivity contribution < 1.29 is 27.2 Å². The Morgan fingerprint density at radius 3 is 2.39 bits per heavy atom. The molecule has 0 saturated heterocycles. The number of halogens is 2. The van der Waals surface area contributed by atoms with Crippen molar-refractivity contribution in [3.05, 3.63) is 94.2 Å². The molecule has 0 spiro atoms. The SMILES string of the molecule is O=C(OCC(=O)c1cc2ccccc2o1)c1ccc(Cl)c(S(=O)(=O)Nc2ccccc2Cl)c1. The molecule has 0 atom stereocenters. The molecule has 0 unspecified atom stereocenters. The lowest BCUT2D eigenvalue weighted by molar-refractivity contribution is 0.0468. The van der Waals surface area contributed by atoms with Gasteiger partial charge in [-0.3, -0.25) is 9.52 Å². The van der Waals surface area contributed by atoms with Crippen LogP contribution in [-0.4, -0.2) is 26.8 Å². The van der Waals surface area contributed by atoms with E-state index >= 15 is 0 Å². The summed E-state index contributed by atoms with van der Waals surface area (Å²) in [6.07, 6.45) is 0. The number of rotatable bonds is 7. The number of ketones is 1. The number of para-hydroxylation sites is 2. The second-order valence-corrected chi connectivity index (χ2v) is 9.34. The number of furan rings is 1. The van der Waals surface area contributed by atoms with E-state index in [1.54, 1.807) is 42.5 Å². The van der Waals surface area contributed by atoms with Gasteiger partial charge < -0.3 is 9.15 Å². The fourth-order valence-corrected chi connectivity index (χ4v) is 4.83. The molecule has 168 valence electrons. The average Bonchev–Trinajstić information content (AvgIpc) is 3.23. The third kappa shape index (κ3) is 5.03. The zero-order chi connectivity index (χ0) is 23.6. The summed E-state index contributed by atoms with van der Waals surface area (Å²) in [7, 11) is -4.17. The number of sulfonamides is 1. The highest BCUT2D eigenvalue weighted by Gasteiger charge is 2.22. The number of hydrogen-bond acceptors (Lipinski definition) is 6. The molecular formula is C23H15Cl2NO6S. The summed E-state index contributed by atoms with van der Waals surface area (Å²) < 4.78 is 38.5. The van der Waals surface area contributed by atoms with Crippen molar-refractivity contribution in [1.29, 1.82) is 0 Å². The molecule has 3 aromatic carbocycles. The van der Waals surface area contributed by atoms with Gasteiger partial charge in [0.25, 0.3) is 10.0 Å². The lowest BCUT2D eigenvalue weighted by Gasteiger charge is -2.12. The molecule has 4 rings (SSSR count). The van der Waals surface area contributed by atoms with Crippen molar-refractivity contribution in [2.24, 2.45) is 0 Å². The van der Waals surface area contributed by atoms with E-state index in [9.17, 15) is 18.0 Å². The maximum absolute atomic E-state index is 12.8. The van der Waals surface area contributed by atoms with Gasteiger partial charge in [-0.1, -0.05) is 53.5 Å². The molecular weight excluding hydrogens is 489 g/mol. The van der Waals surface area contributed by atoms with E-state index in [0.29, 0.717) is 5.58 Å². The predicted octanol–water partition coefficient (Wildman–Crippen LogP) is 5.58. The van der Waals surface area contributed by atoms with Crippen LogP contribution in [0.2, 0.25) is 10.0 Å². The van der Waals surface area contributed by atoms with Crippen molar-refractivity contribution in [3.63, 3.8) is 0 Å². The van der Waals surface area contributed by atoms with E-state index in [2.05, 4.69) is 4.72 Å². The Hall–Kier alpha value is -3.33. The first kappa shape index (κ1) is 22.8. The smallest absolute Gasteiger partial charge is 0.338 e. The van der Waals surface area contributed by atoms with Crippen LogP contribution in [0, 0.1) is 0 Å². The average molecular weight is 504 g/mol. The minimum Gasteiger partial charge on any atom is -0.454 e. The number of anilines is 1. The van der Waals surface area contributed by atoms with E-state index in [0.717, 1.165) is 11.5 Å². The van der Waals surface area contributed by atoms with Crippen LogP contribution in [0.3, 0.4) is 0 Å². The van der Waals surface area contributed by atoms with E-state index in [1.165, 1.54) is 24.3 Å². The van der Waals surface area contributed by atoms with Crippen LogP contribution in [-0.2, 0) is 14.8 Å². The zero-order valence-corrected chi connectivity index (χ0v) is 19.1. The quantitative estimate of drug-likeness (QED) is 0.260. The van der Waals surface area contributed by atoms with Gasteiger partial charge in [-0.05, 0) is 42.5 Å².